The van der Waals surface area contributed by atoms with Gasteiger partial charge in [-0.25, -0.2) is 14.5 Å². The summed E-state index contributed by atoms with van der Waals surface area (Å²) in [7, 11) is 0. The summed E-state index contributed by atoms with van der Waals surface area (Å²) in [5.41, 5.74) is 8.98. The van der Waals surface area contributed by atoms with Crippen LogP contribution in [0.4, 0.5) is 5.95 Å². The molecule has 2 saturated heterocycles. The van der Waals surface area contributed by atoms with Gasteiger partial charge >= 0.3 is 0 Å². The third kappa shape index (κ3) is 4.82. The van der Waals surface area contributed by atoms with Gasteiger partial charge in [0.05, 0.1) is 36.7 Å². The van der Waals surface area contributed by atoms with Crippen LogP contribution in [0.5, 0.6) is 5.75 Å². The molecule has 0 unspecified atom stereocenters. The van der Waals surface area contributed by atoms with Crippen LogP contribution in [0.3, 0.4) is 0 Å². The van der Waals surface area contributed by atoms with Crippen molar-refractivity contribution < 1.29 is 9.47 Å². The van der Waals surface area contributed by atoms with Gasteiger partial charge in [0.15, 0.2) is 0 Å². The molecule has 2 aliphatic heterocycles. The van der Waals surface area contributed by atoms with Crippen molar-refractivity contribution in [2.75, 3.05) is 57.4 Å². The molecule has 3 aromatic heterocycles. The molecular weight excluding hydrogens is 432 g/mol. The number of rotatable bonds is 6. The molecule has 5 rings (SSSR count). The minimum absolute atomic E-state index is 0.125. The molecule has 2 aliphatic rings. The van der Waals surface area contributed by atoms with Gasteiger partial charge in [-0.2, -0.15) is 10.4 Å². The minimum atomic E-state index is -0.125. The summed E-state index contributed by atoms with van der Waals surface area (Å²) in [6, 6.07) is 4.17. The number of ether oxygens (including phenoxy) is 2. The molecule has 5 heterocycles. The Kier molecular flexibility index (Phi) is 6.32. The van der Waals surface area contributed by atoms with E-state index in [1.807, 2.05) is 12.3 Å². The molecule has 0 bridgehead atoms. The smallest absolute Gasteiger partial charge is 0.225 e. The number of piperidine rings is 1. The number of anilines is 1. The summed E-state index contributed by atoms with van der Waals surface area (Å²) in [5.74, 6) is 1.38. The van der Waals surface area contributed by atoms with Crippen LogP contribution in [0, 0.1) is 11.3 Å². The zero-order chi connectivity index (χ0) is 23.5. The van der Waals surface area contributed by atoms with Gasteiger partial charge < -0.3 is 20.1 Å². The molecule has 0 aromatic carbocycles. The lowest BCUT2D eigenvalue weighted by Crippen LogP contribution is -2.48. The van der Waals surface area contributed by atoms with Gasteiger partial charge in [0, 0.05) is 61.8 Å². The predicted molar refractivity (Wildman–Crippen MR) is 128 cm³/mol. The maximum Gasteiger partial charge on any atom is 0.225 e. The van der Waals surface area contributed by atoms with E-state index >= 15 is 0 Å². The van der Waals surface area contributed by atoms with Gasteiger partial charge in [0.1, 0.15) is 18.4 Å². The van der Waals surface area contributed by atoms with Crippen molar-refractivity contribution in [1.82, 2.24) is 24.5 Å². The maximum atomic E-state index is 9.61. The van der Waals surface area contributed by atoms with E-state index in [-0.39, 0.29) is 5.54 Å². The van der Waals surface area contributed by atoms with E-state index in [2.05, 4.69) is 37.9 Å². The summed E-state index contributed by atoms with van der Waals surface area (Å²) in [6.45, 7) is 8.52. The average Bonchev–Trinajstić information content (AvgIpc) is 3.28. The van der Waals surface area contributed by atoms with E-state index in [0.29, 0.717) is 23.9 Å². The number of nitrogens with zero attached hydrogens (tertiary/aromatic N) is 7. The Morgan fingerprint density at radius 1 is 1.15 bits per heavy atom. The number of fused-ring (bicyclic) bond motifs is 1. The van der Waals surface area contributed by atoms with E-state index in [9.17, 15) is 5.26 Å². The van der Waals surface area contributed by atoms with Gasteiger partial charge in [0.2, 0.25) is 5.95 Å². The lowest BCUT2D eigenvalue weighted by molar-refractivity contribution is 0.0322. The summed E-state index contributed by atoms with van der Waals surface area (Å²) in [4.78, 5) is 13.7. The highest BCUT2D eigenvalue weighted by molar-refractivity contribution is 5.84. The number of nitriles is 1. The first-order chi connectivity index (χ1) is 16.5. The number of pyridine rings is 1. The second-order valence-corrected chi connectivity index (χ2v) is 9.27. The fourth-order valence-electron chi connectivity index (χ4n) is 4.44. The Hall–Kier alpha value is -3.26. The first-order valence-corrected chi connectivity index (χ1v) is 11.7. The fourth-order valence-corrected chi connectivity index (χ4v) is 4.44. The Morgan fingerprint density at radius 2 is 1.88 bits per heavy atom. The molecule has 34 heavy (non-hydrogen) atoms. The number of nitrogens with two attached hydrogens (primary N) is 1. The lowest BCUT2D eigenvalue weighted by atomic mass is 9.91. The normalized spacial score (nSPS) is 18.7. The van der Waals surface area contributed by atoms with Gasteiger partial charge in [-0.1, -0.05) is 0 Å². The largest absolute Gasteiger partial charge is 0.491 e. The highest BCUT2D eigenvalue weighted by Crippen LogP contribution is 2.31. The molecular formula is C24H30N8O2. The van der Waals surface area contributed by atoms with Crippen molar-refractivity contribution in [3.8, 4) is 22.9 Å². The summed E-state index contributed by atoms with van der Waals surface area (Å²) in [5, 5.41) is 14.0. The predicted octanol–water partition coefficient (Wildman–Crippen LogP) is 1.69. The highest BCUT2D eigenvalue weighted by Gasteiger charge is 2.27. The Bertz CT molecular complexity index is 1170. The van der Waals surface area contributed by atoms with Crippen LogP contribution < -0.4 is 15.4 Å². The Morgan fingerprint density at radius 3 is 2.59 bits per heavy atom. The summed E-state index contributed by atoms with van der Waals surface area (Å²) in [6.07, 6.45) is 8.81. The molecule has 2 fully saturated rings. The van der Waals surface area contributed by atoms with Crippen molar-refractivity contribution in [3.63, 3.8) is 0 Å². The molecule has 0 radical (unpaired) electrons. The third-order valence-electron chi connectivity index (χ3n) is 6.62. The Balaban J connectivity index is 1.37. The first kappa shape index (κ1) is 22.5. The average molecular weight is 463 g/mol. The maximum absolute atomic E-state index is 9.61. The molecule has 178 valence electrons. The third-order valence-corrected chi connectivity index (χ3v) is 6.62. The molecule has 10 heteroatoms. The molecule has 0 saturated carbocycles. The van der Waals surface area contributed by atoms with Gasteiger partial charge in [-0.15, -0.1) is 0 Å². The van der Waals surface area contributed by atoms with Crippen molar-refractivity contribution in [3.05, 3.63) is 36.4 Å². The molecule has 0 aliphatic carbocycles. The van der Waals surface area contributed by atoms with Crippen molar-refractivity contribution in [1.29, 1.82) is 5.26 Å². The van der Waals surface area contributed by atoms with Crippen LogP contribution in [0.1, 0.15) is 25.3 Å². The molecule has 3 aromatic rings. The van der Waals surface area contributed by atoms with E-state index in [0.717, 1.165) is 75.4 Å². The summed E-state index contributed by atoms with van der Waals surface area (Å²) >= 11 is 0. The van der Waals surface area contributed by atoms with Crippen LogP contribution in [-0.4, -0.2) is 82.6 Å². The monoisotopic (exact) mass is 462 g/mol. The number of hydrogen-bond acceptors (Lipinski definition) is 9. The number of aromatic nitrogens is 4. The minimum Gasteiger partial charge on any atom is -0.491 e. The summed E-state index contributed by atoms with van der Waals surface area (Å²) < 4.78 is 13.2. The van der Waals surface area contributed by atoms with Crippen LogP contribution in [0.2, 0.25) is 0 Å². The van der Waals surface area contributed by atoms with Crippen LogP contribution in [0.25, 0.3) is 16.6 Å². The molecule has 0 atom stereocenters. The van der Waals surface area contributed by atoms with Gasteiger partial charge in [-0.3, -0.25) is 4.90 Å². The fraction of sp³-hybridized carbons (Fsp3) is 0.500. The zero-order valence-electron chi connectivity index (χ0n) is 19.5. The highest BCUT2D eigenvalue weighted by atomic mass is 16.5. The van der Waals surface area contributed by atoms with Crippen molar-refractivity contribution in [2.24, 2.45) is 5.73 Å². The number of morpholine rings is 1. The van der Waals surface area contributed by atoms with Crippen molar-refractivity contribution in [2.45, 2.75) is 25.3 Å². The number of hydrogen-bond donors (Lipinski definition) is 1. The molecule has 10 nitrogen and oxygen atoms in total. The topological polar surface area (TPSA) is 118 Å². The van der Waals surface area contributed by atoms with Crippen LogP contribution in [0.15, 0.2) is 30.9 Å². The quantitative estimate of drug-likeness (QED) is 0.584. The van der Waals surface area contributed by atoms with Crippen LogP contribution in [-0.2, 0) is 4.74 Å². The van der Waals surface area contributed by atoms with E-state index in [1.165, 1.54) is 0 Å². The SMILES string of the molecule is CC1(N)CCN(c2ncc(-c3cc(OCCN4CCOCC4)cn4ncc(C#N)c34)cn2)CC1. The lowest BCUT2D eigenvalue weighted by Gasteiger charge is -2.36. The molecule has 0 amide bonds. The van der Waals surface area contributed by atoms with E-state index < -0.39 is 0 Å². The standard InChI is InChI=1S/C24H30N8O2/c1-24(26)2-4-31(5-3-24)23-27-14-19(15-28-23)21-12-20(17-32-22(21)18(13-25)16-29-32)34-11-8-30-6-9-33-10-7-30/h12,14-17H,2-11,26H2,1H3. The van der Waals surface area contributed by atoms with Gasteiger partial charge in [0.25, 0.3) is 0 Å². The first-order valence-electron chi connectivity index (χ1n) is 11.7. The van der Waals surface area contributed by atoms with E-state index in [1.54, 1.807) is 23.1 Å². The zero-order valence-corrected chi connectivity index (χ0v) is 19.5. The van der Waals surface area contributed by atoms with Gasteiger partial charge in [-0.05, 0) is 25.8 Å². The van der Waals surface area contributed by atoms with E-state index in [4.69, 9.17) is 15.2 Å². The molecule has 0 spiro atoms. The molecule has 2 N–H and O–H groups in total. The second-order valence-electron chi connectivity index (χ2n) is 9.27. The van der Waals surface area contributed by atoms with Crippen LogP contribution >= 0.6 is 0 Å². The second kappa shape index (κ2) is 9.54. The van der Waals surface area contributed by atoms with Crippen molar-refractivity contribution >= 4 is 11.5 Å². The Labute approximate surface area is 198 Å².